The summed E-state index contributed by atoms with van der Waals surface area (Å²) in [5, 5.41) is 12.2. The number of amides is 1. The lowest BCUT2D eigenvalue weighted by Gasteiger charge is -2.10. The smallest absolute Gasteiger partial charge is 0.262 e. The van der Waals surface area contributed by atoms with E-state index in [1.807, 2.05) is 55.5 Å². The number of nitrogens with zero attached hydrogens (tertiary/aromatic N) is 3. The lowest BCUT2D eigenvalue weighted by atomic mass is 10.1. The number of benzene rings is 2. The van der Waals surface area contributed by atoms with Gasteiger partial charge in [-0.1, -0.05) is 42.5 Å². The van der Waals surface area contributed by atoms with Gasteiger partial charge >= 0.3 is 0 Å². The van der Waals surface area contributed by atoms with Crippen molar-refractivity contribution in [1.29, 1.82) is 5.26 Å². The first-order valence-corrected chi connectivity index (χ1v) is 11.3. The Morgan fingerprint density at radius 1 is 1.19 bits per heavy atom. The van der Waals surface area contributed by atoms with Gasteiger partial charge in [0.15, 0.2) is 0 Å². The molecule has 31 heavy (non-hydrogen) atoms. The van der Waals surface area contributed by atoms with Crippen LogP contribution < -0.4 is 10.9 Å². The maximum Gasteiger partial charge on any atom is 0.262 e. The maximum absolute atomic E-state index is 13.1. The van der Waals surface area contributed by atoms with Crippen LogP contribution in [0.1, 0.15) is 5.56 Å². The maximum atomic E-state index is 13.1. The highest BCUT2D eigenvalue weighted by Gasteiger charge is 2.17. The number of aryl methyl sites for hydroxylation is 1. The fraction of sp³-hybridized carbons (Fsp3) is 0.130. The van der Waals surface area contributed by atoms with Crippen LogP contribution in [0.4, 0.5) is 5.69 Å². The molecule has 0 radical (unpaired) electrons. The summed E-state index contributed by atoms with van der Waals surface area (Å²) in [6.07, 6.45) is 1.42. The van der Waals surface area contributed by atoms with Crippen molar-refractivity contribution in [3.63, 3.8) is 0 Å². The van der Waals surface area contributed by atoms with E-state index in [1.165, 1.54) is 34.0 Å². The van der Waals surface area contributed by atoms with Crippen molar-refractivity contribution >= 4 is 44.9 Å². The van der Waals surface area contributed by atoms with E-state index in [1.54, 1.807) is 6.07 Å². The van der Waals surface area contributed by atoms with Crippen LogP contribution in [0, 0.1) is 18.3 Å². The summed E-state index contributed by atoms with van der Waals surface area (Å²) in [6, 6.07) is 19.2. The summed E-state index contributed by atoms with van der Waals surface area (Å²) in [7, 11) is 0. The average molecular weight is 447 g/mol. The minimum Gasteiger partial charge on any atom is -0.324 e. The van der Waals surface area contributed by atoms with Crippen LogP contribution in [0.5, 0.6) is 0 Å². The van der Waals surface area contributed by atoms with Gasteiger partial charge in [0.1, 0.15) is 11.4 Å². The lowest BCUT2D eigenvalue weighted by Crippen LogP contribution is -2.28. The van der Waals surface area contributed by atoms with E-state index in [-0.39, 0.29) is 23.8 Å². The molecular weight excluding hydrogens is 428 g/mol. The minimum absolute atomic E-state index is 0.144. The van der Waals surface area contributed by atoms with Crippen molar-refractivity contribution < 1.29 is 4.79 Å². The van der Waals surface area contributed by atoms with Gasteiger partial charge in [0, 0.05) is 9.77 Å². The van der Waals surface area contributed by atoms with E-state index in [0.717, 1.165) is 20.9 Å². The van der Waals surface area contributed by atoms with Gasteiger partial charge in [-0.3, -0.25) is 14.2 Å². The monoisotopic (exact) mass is 446 g/mol. The predicted molar refractivity (Wildman–Crippen MR) is 125 cm³/mol. The molecule has 0 fully saturated rings. The molecule has 2 heterocycles. The summed E-state index contributed by atoms with van der Waals surface area (Å²) in [6.45, 7) is 1.77. The van der Waals surface area contributed by atoms with Crippen molar-refractivity contribution in [2.45, 2.75) is 18.4 Å². The fourth-order valence-electron chi connectivity index (χ4n) is 3.29. The van der Waals surface area contributed by atoms with Crippen LogP contribution in [0.3, 0.4) is 0 Å². The number of fused-ring (bicyclic) bond motifs is 1. The molecule has 1 amide bonds. The van der Waals surface area contributed by atoms with Gasteiger partial charge < -0.3 is 5.32 Å². The number of thiophene rings is 1. The third-order valence-corrected chi connectivity index (χ3v) is 6.91. The van der Waals surface area contributed by atoms with Crippen LogP contribution in [-0.4, -0.2) is 21.2 Å². The standard InChI is InChI=1S/C23H18N4O2S2/c1-15-20-22(31-21(15)16-7-3-2-4-8-16)25-14-27(23(20)29)13-19(28)26-17-9-5-6-10-18(17)30-12-11-24/h2-10,14H,12-13H2,1H3,(H,26,28). The second-order valence-electron chi connectivity index (χ2n) is 6.77. The molecule has 1 N–H and O–H groups in total. The summed E-state index contributed by atoms with van der Waals surface area (Å²) in [5.74, 6) is -0.0434. The van der Waals surface area contributed by atoms with Gasteiger partial charge in [-0.25, -0.2) is 4.98 Å². The molecule has 154 valence electrons. The summed E-state index contributed by atoms with van der Waals surface area (Å²) >= 11 is 2.82. The van der Waals surface area contributed by atoms with Crippen molar-refractivity contribution in [1.82, 2.24) is 9.55 Å². The van der Waals surface area contributed by atoms with Crippen molar-refractivity contribution in [2.24, 2.45) is 0 Å². The lowest BCUT2D eigenvalue weighted by molar-refractivity contribution is -0.116. The van der Waals surface area contributed by atoms with Crippen molar-refractivity contribution in [2.75, 3.05) is 11.1 Å². The van der Waals surface area contributed by atoms with Gasteiger partial charge in [-0.2, -0.15) is 5.26 Å². The third kappa shape index (κ3) is 4.38. The van der Waals surface area contributed by atoms with Crippen LogP contribution in [0.15, 0.2) is 70.6 Å². The molecule has 0 aliphatic carbocycles. The Kier molecular flexibility index (Phi) is 6.16. The quantitative estimate of drug-likeness (QED) is 0.434. The molecule has 0 saturated heterocycles. The summed E-state index contributed by atoms with van der Waals surface area (Å²) in [5.41, 5.74) is 2.30. The number of aromatic nitrogens is 2. The largest absolute Gasteiger partial charge is 0.324 e. The summed E-state index contributed by atoms with van der Waals surface area (Å²) < 4.78 is 1.33. The zero-order valence-electron chi connectivity index (χ0n) is 16.7. The molecule has 2 aromatic carbocycles. The molecule has 0 spiro atoms. The average Bonchev–Trinajstić information content (AvgIpc) is 3.13. The normalized spacial score (nSPS) is 10.7. The number of anilines is 1. The Morgan fingerprint density at radius 2 is 1.94 bits per heavy atom. The Bertz CT molecular complexity index is 1350. The van der Waals surface area contributed by atoms with Crippen LogP contribution in [0.25, 0.3) is 20.7 Å². The molecule has 2 aromatic heterocycles. The molecular formula is C23H18N4O2S2. The fourth-order valence-corrected chi connectivity index (χ4v) is 5.10. The molecule has 4 aromatic rings. The first-order chi connectivity index (χ1) is 15.1. The number of para-hydroxylation sites is 1. The molecule has 6 nitrogen and oxygen atoms in total. The van der Waals surface area contributed by atoms with E-state index < -0.39 is 0 Å². The first kappa shape index (κ1) is 20.8. The molecule has 0 aliphatic rings. The van der Waals surface area contributed by atoms with Gasteiger partial charge in [0.25, 0.3) is 5.56 Å². The third-order valence-electron chi connectivity index (χ3n) is 4.72. The topological polar surface area (TPSA) is 87.8 Å². The SMILES string of the molecule is Cc1c(-c2ccccc2)sc2ncn(CC(=O)Nc3ccccc3SCC#N)c(=O)c12. The highest BCUT2D eigenvalue weighted by molar-refractivity contribution is 7.99. The highest BCUT2D eigenvalue weighted by Crippen LogP contribution is 2.35. The Morgan fingerprint density at radius 3 is 2.71 bits per heavy atom. The second kappa shape index (κ2) is 9.16. The van der Waals surface area contributed by atoms with Crippen molar-refractivity contribution in [3.05, 3.63) is 76.8 Å². The van der Waals surface area contributed by atoms with Gasteiger partial charge in [-0.05, 0) is 30.2 Å². The van der Waals surface area contributed by atoms with Crippen LogP contribution >= 0.6 is 23.1 Å². The van der Waals surface area contributed by atoms with Crippen molar-refractivity contribution in [3.8, 4) is 16.5 Å². The number of thioether (sulfide) groups is 1. The molecule has 8 heteroatoms. The Labute approximate surface area is 187 Å². The molecule has 0 atom stereocenters. The molecule has 0 bridgehead atoms. The molecule has 0 saturated carbocycles. The number of hydrogen-bond acceptors (Lipinski definition) is 6. The number of nitrogens with one attached hydrogen (secondary N) is 1. The van der Waals surface area contributed by atoms with E-state index in [9.17, 15) is 9.59 Å². The highest BCUT2D eigenvalue weighted by atomic mass is 32.2. The van der Waals surface area contributed by atoms with Gasteiger partial charge in [0.05, 0.1) is 29.2 Å². The minimum atomic E-state index is -0.329. The number of hydrogen-bond donors (Lipinski definition) is 1. The zero-order valence-corrected chi connectivity index (χ0v) is 18.3. The molecule has 0 aliphatic heterocycles. The van der Waals surface area contributed by atoms with Crippen LogP contribution in [0.2, 0.25) is 0 Å². The van der Waals surface area contributed by atoms with E-state index in [0.29, 0.717) is 15.9 Å². The number of carbonyl (C=O) groups excluding carboxylic acids is 1. The molecule has 0 unspecified atom stereocenters. The Balaban J connectivity index is 1.61. The van der Waals surface area contributed by atoms with Gasteiger partial charge in [0.2, 0.25) is 5.91 Å². The number of rotatable bonds is 6. The second-order valence-corrected chi connectivity index (χ2v) is 8.79. The Hall–Kier alpha value is -3.41. The summed E-state index contributed by atoms with van der Waals surface area (Å²) in [4.78, 5) is 32.6. The van der Waals surface area contributed by atoms with Gasteiger partial charge in [-0.15, -0.1) is 23.1 Å². The number of nitriles is 1. The predicted octanol–water partition coefficient (Wildman–Crippen LogP) is 4.69. The number of carbonyl (C=O) groups is 1. The first-order valence-electron chi connectivity index (χ1n) is 9.51. The zero-order chi connectivity index (χ0) is 21.8. The molecule has 4 rings (SSSR count). The van der Waals surface area contributed by atoms with E-state index in [2.05, 4.69) is 16.4 Å². The van der Waals surface area contributed by atoms with E-state index in [4.69, 9.17) is 5.26 Å². The van der Waals surface area contributed by atoms with Crippen LogP contribution in [-0.2, 0) is 11.3 Å². The van der Waals surface area contributed by atoms with E-state index >= 15 is 0 Å².